The van der Waals surface area contributed by atoms with Gasteiger partial charge in [0.1, 0.15) is 17.3 Å². The molecule has 0 bridgehead atoms. The fourth-order valence-corrected chi connectivity index (χ4v) is 2.00. The molecule has 2 aromatic rings. The highest BCUT2D eigenvalue weighted by atomic mass is 32.2. The average molecular weight is 311 g/mol. The van der Waals surface area contributed by atoms with Gasteiger partial charge in [-0.1, -0.05) is 11.8 Å². The van der Waals surface area contributed by atoms with Gasteiger partial charge in [0.05, 0.1) is 0 Å². The molecule has 0 unspecified atom stereocenters. The first-order valence-corrected chi connectivity index (χ1v) is 6.61. The molecule has 0 aliphatic carbocycles. The van der Waals surface area contributed by atoms with Crippen molar-refractivity contribution in [3.8, 4) is 28.8 Å². The number of halogens is 2. The molecule has 0 fully saturated rings. The van der Waals surface area contributed by atoms with Crippen molar-refractivity contribution in [3.05, 3.63) is 33.6 Å². The number of rotatable bonds is 2. The monoisotopic (exact) mass is 311 g/mol. The number of phenols is 2. The van der Waals surface area contributed by atoms with Gasteiger partial charge in [-0.2, -0.15) is 9.65 Å². The van der Waals surface area contributed by atoms with Crippen LogP contribution >= 0.6 is 11.8 Å². The fourth-order valence-electron chi connectivity index (χ4n) is 1.63. The number of hydrogen-bond donors (Lipinski definition) is 3. The molecule has 9 heteroatoms. The van der Waals surface area contributed by atoms with E-state index in [1.165, 1.54) is 0 Å². The van der Waals surface area contributed by atoms with Gasteiger partial charge in [0.15, 0.2) is 22.5 Å². The van der Waals surface area contributed by atoms with Gasteiger partial charge in [0, 0.05) is 5.56 Å². The summed E-state index contributed by atoms with van der Waals surface area (Å²) >= 11 is 1.03. The van der Waals surface area contributed by atoms with Gasteiger partial charge < -0.3 is 15.2 Å². The lowest BCUT2D eigenvalue weighted by Gasteiger charge is -2.09. The molecule has 6 nitrogen and oxygen atoms in total. The van der Waals surface area contributed by atoms with E-state index in [4.69, 9.17) is 10.4 Å². The zero-order chi connectivity index (χ0) is 15.7. The minimum absolute atomic E-state index is 0.0993. The summed E-state index contributed by atoms with van der Waals surface area (Å²) in [6.45, 7) is 0. The van der Waals surface area contributed by atoms with E-state index in [1.807, 2.05) is 0 Å². The third kappa shape index (κ3) is 2.41. The maximum atomic E-state index is 13.5. The van der Waals surface area contributed by atoms with E-state index in [9.17, 15) is 18.7 Å². The molecule has 1 aromatic carbocycles. The molecule has 0 aliphatic rings. The Hall–Kier alpha value is -2.60. The first-order valence-electron chi connectivity index (χ1n) is 5.39. The lowest BCUT2D eigenvalue weighted by atomic mass is 10.1. The number of H-pyrrole nitrogens is 1. The molecular weight excluding hydrogens is 304 g/mol. The zero-order valence-corrected chi connectivity index (χ0v) is 11.3. The van der Waals surface area contributed by atoms with E-state index in [0.717, 1.165) is 11.8 Å². The largest absolute Gasteiger partial charge is 0.504 e. The maximum Gasteiger partial charge on any atom is 0.270 e. The van der Waals surface area contributed by atoms with Crippen LogP contribution in [0, 0.1) is 23.0 Å². The number of thioether (sulfide) groups is 1. The number of nitrogens with zero attached hydrogens (tertiary/aromatic N) is 2. The van der Waals surface area contributed by atoms with Crippen molar-refractivity contribution in [3.63, 3.8) is 0 Å². The van der Waals surface area contributed by atoms with Crippen LogP contribution in [0.5, 0.6) is 11.5 Å². The van der Waals surface area contributed by atoms with E-state index in [1.54, 1.807) is 12.3 Å². The standard InChI is InChI=1S/C12H7F2N3O3S/c1-21-12-16-8(5(3-15)11(20)17-12)4-2-6(13)10(19)7(14)9(4)18/h2,18-19H,1H3,(H,16,17,20). The van der Waals surface area contributed by atoms with Gasteiger partial charge in [-0.15, -0.1) is 0 Å². The number of aromatic amines is 1. The first-order chi connectivity index (χ1) is 9.90. The van der Waals surface area contributed by atoms with Gasteiger partial charge >= 0.3 is 0 Å². The molecule has 0 aliphatic heterocycles. The first kappa shape index (κ1) is 14.8. The van der Waals surface area contributed by atoms with E-state index in [2.05, 4.69) is 9.97 Å². The Balaban J connectivity index is 2.88. The quantitative estimate of drug-likeness (QED) is 0.575. The Kier molecular flexibility index (Phi) is 3.82. The highest BCUT2D eigenvalue weighted by molar-refractivity contribution is 7.98. The number of aromatic nitrogens is 2. The van der Waals surface area contributed by atoms with Crippen LogP contribution in [0.25, 0.3) is 11.3 Å². The van der Waals surface area contributed by atoms with Gasteiger partial charge in [-0.25, -0.2) is 9.37 Å². The molecule has 21 heavy (non-hydrogen) atoms. The van der Waals surface area contributed by atoms with E-state index >= 15 is 0 Å². The van der Waals surface area contributed by atoms with Crippen LogP contribution in [0.1, 0.15) is 5.56 Å². The second kappa shape index (κ2) is 5.41. The molecule has 2 rings (SSSR count). The number of benzene rings is 1. The van der Waals surface area contributed by atoms with Crippen molar-refractivity contribution >= 4 is 11.8 Å². The summed E-state index contributed by atoms with van der Waals surface area (Å²) in [4.78, 5) is 17.9. The number of aromatic hydroxyl groups is 2. The van der Waals surface area contributed by atoms with Crippen molar-refractivity contribution in [2.45, 2.75) is 5.16 Å². The van der Waals surface area contributed by atoms with Crippen LogP contribution in [0.4, 0.5) is 8.78 Å². The molecule has 0 radical (unpaired) electrons. The van der Waals surface area contributed by atoms with E-state index in [0.29, 0.717) is 6.07 Å². The van der Waals surface area contributed by atoms with Crippen molar-refractivity contribution < 1.29 is 19.0 Å². The van der Waals surface area contributed by atoms with Crippen LogP contribution < -0.4 is 5.56 Å². The molecule has 0 saturated heterocycles. The molecule has 0 atom stereocenters. The lowest BCUT2D eigenvalue weighted by molar-refractivity contribution is 0.368. The Morgan fingerprint density at radius 3 is 2.62 bits per heavy atom. The van der Waals surface area contributed by atoms with Crippen LogP contribution in [-0.4, -0.2) is 26.4 Å². The van der Waals surface area contributed by atoms with Gasteiger partial charge in [-0.05, 0) is 12.3 Å². The minimum atomic E-state index is -1.60. The Morgan fingerprint density at radius 1 is 1.38 bits per heavy atom. The summed E-state index contributed by atoms with van der Waals surface area (Å²) < 4.78 is 26.9. The Bertz CT molecular complexity index is 830. The van der Waals surface area contributed by atoms with Crippen molar-refractivity contribution in [1.82, 2.24) is 9.97 Å². The van der Waals surface area contributed by atoms with Gasteiger partial charge in [0.25, 0.3) is 5.56 Å². The molecule has 0 spiro atoms. The number of nitriles is 1. The topological polar surface area (TPSA) is 110 Å². The molecular formula is C12H7F2N3O3S. The molecule has 3 N–H and O–H groups in total. The smallest absolute Gasteiger partial charge is 0.270 e. The molecule has 1 aromatic heterocycles. The predicted molar refractivity (Wildman–Crippen MR) is 70.0 cm³/mol. The highest BCUT2D eigenvalue weighted by Gasteiger charge is 2.23. The SMILES string of the molecule is CSc1nc(-c2cc(F)c(O)c(F)c2O)c(C#N)c(=O)[nH]1. The molecule has 0 saturated carbocycles. The lowest BCUT2D eigenvalue weighted by Crippen LogP contribution is -2.14. The number of phenolic OH excluding ortho intramolecular Hbond substituents is 2. The second-order valence-corrected chi connectivity index (χ2v) is 4.62. The van der Waals surface area contributed by atoms with Crippen LogP contribution in [0.15, 0.2) is 16.0 Å². The summed E-state index contributed by atoms with van der Waals surface area (Å²) in [6.07, 6.45) is 1.59. The van der Waals surface area contributed by atoms with Gasteiger partial charge in [-0.3, -0.25) is 4.79 Å². The van der Waals surface area contributed by atoms with E-state index < -0.39 is 39.8 Å². The van der Waals surface area contributed by atoms with Crippen LogP contribution in [0.3, 0.4) is 0 Å². The van der Waals surface area contributed by atoms with E-state index in [-0.39, 0.29) is 10.9 Å². The fraction of sp³-hybridized carbons (Fsp3) is 0.0833. The minimum Gasteiger partial charge on any atom is -0.504 e. The van der Waals surface area contributed by atoms with Crippen molar-refractivity contribution in [2.24, 2.45) is 0 Å². The zero-order valence-electron chi connectivity index (χ0n) is 10.4. The Labute approximate surface area is 120 Å². The van der Waals surface area contributed by atoms with Gasteiger partial charge in [0.2, 0.25) is 5.82 Å². The van der Waals surface area contributed by atoms with Crippen molar-refractivity contribution in [2.75, 3.05) is 6.26 Å². The van der Waals surface area contributed by atoms with Crippen molar-refractivity contribution in [1.29, 1.82) is 5.26 Å². The summed E-state index contributed by atoms with van der Waals surface area (Å²) in [5.74, 6) is -5.40. The molecule has 0 amide bonds. The normalized spacial score (nSPS) is 10.4. The average Bonchev–Trinajstić information content (AvgIpc) is 2.47. The summed E-state index contributed by atoms with van der Waals surface area (Å²) in [5, 5.41) is 27.8. The van der Waals surface area contributed by atoms with Crippen LogP contribution in [-0.2, 0) is 0 Å². The predicted octanol–water partition coefficient (Wildman–Crippen LogP) is 1.72. The number of hydrogen-bond acceptors (Lipinski definition) is 6. The Morgan fingerprint density at radius 2 is 2.05 bits per heavy atom. The number of nitrogens with one attached hydrogen (secondary N) is 1. The highest BCUT2D eigenvalue weighted by Crippen LogP contribution is 2.37. The molecule has 108 valence electrons. The second-order valence-electron chi connectivity index (χ2n) is 3.83. The third-order valence-corrected chi connectivity index (χ3v) is 3.21. The third-order valence-electron chi connectivity index (χ3n) is 2.63. The van der Waals surface area contributed by atoms with Crippen LogP contribution in [0.2, 0.25) is 0 Å². The summed E-state index contributed by atoms with van der Waals surface area (Å²) in [7, 11) is 0. The summed E-state index contributed by atoms with van der Waals surface area (Å²) in [5.41, 5.74) is -2.19. The maximum absolute atomic E-state index is 13.5. The summed E-state index contributed by atoms with van der Waals surface area (Å²) in [6, 6.07) is 2.16. The molecule has 1 heterocycles.